The molecule has 2 heterocycles. The van der Waals surface area contributed by atoms with Gasteiger partial charge in [0.25, 0.3) is 0 Å². The molecule has 3 unspecified atom stereocenters. The van der Waals surface area contributed by atoms with E-state index in [0.29, 0.717) is 30.0 Å². The largest absolute Gasteiger partial charge is 0.494 e. The molecule has 1 N–H and O–H groups in total. The minimum Gasteiger partial charge on any atom is -0.494 e. The molecule has 2 fully saturated rings. The number of carbonyl (C=O) groups excluding carboxylic acids is 2. The normalized spacial score (nSPS) is 23.1. The number of methoxy groups -OCH3 is 1. The zero-order valence-corrected chi connectivity index (χ0v) is 18.1. The predicted octanol–water partition coefficient (Wildman–Crippen LogP) is 5.04. The minimum absolute atomic E-state index is 0.0166. The van der Waals surface area contributed by atoms with Gasteiger partial charge in [-0.1, -0.05) is 35.9 Å². The van der Waals surface area contributed by atoms with Crippen molar-refractivity contribution in [1.82, 2.24) is 10.3 Å². The second-order valence-electron chi connectivity index (χ2n) is 8.23. The van der Waals surface area contributed by atoms with E-state index in [1.165, 1.54) is 18.1 Å². The molecular formula is C24H21ClFN3O3. The molecule has 8 heteroatoms. The van der Waals surface area contributed by atoms with Crippen LogP contribution in [0.5, 0.6) is 5.75 Å². The Kier molecular flexibility index (Phi) is 5.21. The van der Waals surface area contributed by atoms with Crippen molar-refractivity contribution in [2.24, 2.45) is 5.92 Å². The number of benzene rings is 2. The number of hydrogen-bond donors (Lipinski definition) is 1. The third-order valence-electron chi connectivity index (χ3n) is 6.50. The third kappa shape index (κ3) is 3.37. The van der Waals surface area contributed by atoms with Crippen LogP contribution in [0, 0.1) is 11.7 Å². The Hall–Kier alpha value is -3.19. The molecule has 1 saturated heterocycles. The number of nitrogens with zero attached hydrogens (tertiary/aromatic N) is 2. The monoisotopic (exact) mass is 453 g/mol. The smallest absolute Gasteiger partial charge is 0.329 e. The van der Waals surface area contributed by atoms with Crippen molar-refractivity contribution in [1.29, 1.82) is 0 Å². The van der Waals surface area contributed by atoms with Crippen LogP contribution in [0.4, 0.5) is 14.9 Å². The lowest BCUT2D eigenvalue weighted by molar-refractivity contribution is -0.124. The molecule has 1 aliphatic heterocycles. The average molecular weight is 454 g/mol. The van der Waals surface area contributed by atoms with Gasteiger partial charge in [-0.2, -0.15) is 0 Å². The summed E-state index contributed by atoms with van der Waals surface area (Å²) in [7, 11) is 1.41. The highest BCUT2D eigenvalue weighted by atomic mass is 35.5. The fourth-order valence-electron chi connectivity index (χ4n) is 4.92. The van der Waals surface area contributed by atoms with Crippen LogP contribution in [-0.4, -0.2) is 30.1 Å². The van der Waals surface area contributed by atoms with E-state index in [0.717, 1.165) is 16.3 Å². The SMILES string of the molecule is COc1cc(C2CCC3C(=O)N(c4cncc5ccccc45)C(=O)NC3C2)c(Cl)cc1F. The first kappa shape index (κ1) is 20.7. The molecule has 2 aliphatic rings. The van der Waals surface area contributed by atoms with Crippen molar-refractivity contribution in [2.45, 2.75) is 31.2 Å². The van der Waals surface area contributed by atoms with E-state index >= 15 is 0 Å². The lowest BCUT2D eigenvalue weighted by Gasteiger charge is -2.42. The molecule has 2 aromatic carbocycles. The first-order valence-electron chi connectivity index (χ1n) is 10.5. The molecule has 1 aliphatic carbocycles. The summed E-state index contributed by atoms with van der Waals surface area (Å²) in [6.07, 6.45) is 5.08. The number of imide groups is 1. The van der Waals surface area contributed by atoms with Crippen molar-refractivity contribution in [3.8, 4) is 5.75 Å². The molecule has 3 aromatic rings. The third-order valence-corrected chi connectivity index (χ3v) is 6.83. The number of aromatic nitrogens is 1. The van der Waals surface area contributed by atoms with Crippen molar-refractivity contribution in [3.63, 3.8) is 0 Å². The summed E-state index contributed by atoms with van der Waals surface area (Å²) >= 11 is 6.32. The van der Waals surface area contributed by atoms with Crippen LogP contribution in [0.2, 0.25) is 5.02 Å². The Labute approximate surface area is 189 Å². The number of nitrogens with one attached hydrogen (secondary N) is 1. The molecule has 6 nitrogen and oxygen atoms in total. The second kappa shape index (κ2) is 8.06. The van der Waals surface area contributed by atoms with Gasteiger partial charge >= 0.3 is 6.03 Å². The van der Waals surface area contributed by atoms with Gasteiger partial charge in [0.1, 0.15) is 0 Å². The highest BCUT2D eigenvalue weighted by molar-refractivity contribution is 6.31. The molecule has 5 rings (SSSR count). The molecular weight excluding hydrogens is 433 g/mol. The van der Waals surface area contributed by atoms with Gasteiger partial charge in [-0.25, -0.2) is 14.1 Å². The van der Waals surface area contributed by atoms with Crippen LogP contribution in [0.1, 0.15) is 30.7 Å². The maximum absolute atomic E-state index is 14.0. The van der Waals surface area contributed by atoms with Gasteiger partial charge in [0.15, 0.2) is 11.6 Å². The number of amides is 3. The summed E-state index contributed by atoms with van der Waals surface area (Å²) in [6.45, 7) is 0. The Morgan fingerprint density at radius 2 is 2.00 bits per heavy atom. The summed E-state index contributed by atoms with van der Waals surface area (Å²) in [5.41, 5.74) is 1.25. The van der Waals surface area contributed by atoms with Gasteiger partial charge in [-0.15, -0.1) is 0 Å². The van der Waals surface area contributed by atoms with Crippen LogP contribution >= 0.6 is 11.6 Å². The number of pyridine rings is 1. The topological polar surface area (TPSA) is 71.5 Å². The standard InChI is InChI=1S/C24H21ClFN3O3/c1-32-22-9-17(18(25)10-19(22)26)13-6-7-16-20(8-13)28-24(31)29(23(16)30)21-12-27-11-14-4-2-3-5-15(14)21/h2-5,9-13,16,20H,6-8H2,1H3,(H,28,31). The highest BCUT2D eigenvalue weighted by Gasteiger charge is 2.45. The van der Waals surface area contributed by atoms with E-state index in [1.807, 2.05) is 24.3 Å². The molecule has 3 amide bonds. The van der Waals surface area contributed by atoms with Gasteiger partial charge in [-0.3, -0.25) is 9.78 Å². The molecule has 1 aromatic heterocycles. The number of carbonyl (C=O) groups is 2. The Balaban J connectivity index is 1.43. The van der Waals surface area contributed by atoms with Gasteiger partial charge in [0.2, 0.25) is 5.91 Å². The lowest BCUT2D eigenvalue weighted by Crippen LogP contribution is -2.61. The number of fused-ring (bicyclic) bond motifs is 2. The Morgan fingerprint density at radius 3 is 2.81 bits per heavy atom. The molecule has 1 saturated carbocycles. The molecule has 0 spiro atoms. The lowest BCUT2D eigenvalue weighted by atomic mass is 9.74. The van der Waals surface area contributed by atoms with Gasteiger partial charge in [-0.05, 0) is 42.9 Å². The van der Waals surface area contributed by atoms with Gasteiger partial charge in [0, 0.05) is 28.0 Å². The van der Waals surface area contributed by atoms with E-state index < -0.39 is 11.8 Å². The van der Waals surface area contributed by atoms with E-state index in [1.54, 1.807) is 18.5 Å². The van der Waals surface area contributed by atoms with Crippen LogP contribution in [0.15, 0.2) is 48.8 Å². The first-order valence-corrected chi connectivity index (χ1v) is 10.9. The van der Waals surface area contributed by atoms with Crippen molar-refractivity contribution >= 4 is 40.0 Å². The number of halogens is 2. The number of urea groups is 1. The van der Waals surface area contributed by atoms with E-state index in [2.05, 4.69) is 10.3 Å². The van der Waals surface area contributed by atoms with E-state index in [-0.39, 0.29) is 29.5 Å². The summed E-state index contributed by atoms with van der Waals surface area (Å²) in [6, 6.07) is 9.61. The van der Waals surface area contributed by atoms with Crippen molar-refractivity contribution < 1.29 is 18.7 Å². The maximum atomic E-state index is 14.0. The number of ether oxygens (including phenoxy) is 1. The quantitative estimate of drug-likeness (QED) is 0.602. The van der Waals surface area contributed by atoms with Crippen LogP contribution in [0.25, 0.3) is 10.8 Å². The molecule has 3 atom stereocenters. The highest BCUT2D eigenvalue weighted by Crippen LogP contribution is 2.43. The minimum atomic E-state index is -0.518. The van der Waals surface area contributed by atoms with Gasteiger partial charge in [0.05, 0.1) is 24.9 Å². The summed E-state index contributed by atoms with van der Waals surface area (Å²) in [4.78, 5) is 31.9. The zero-order valence-electron chi connectivity index (χ0n) is 17.3. The predicted molar refractivity (Wildman–Crippen MR) is 120 cm³/mol. The summed E-state index contributed by atoms with van der Waals surface area (Å²) in [5.74, 6) is -0.973. The molecule has 164 valence electrons. The number of anilines is 1. The number of rotatable bonds is 3. The summed E-state index contributed by atoms with van der Waals surface area (Å²) < 4.78 is 19.1. The van der Waals surface area contributed by atoms with Crippen molar-refractivity contribution in [2.75, 3.05) is 12.0 Å². The molecule has 0 bridgehead atoms. The molecule has 0 radical (unpaired) electrons. The maximum Gasteiger partial charge on any atom is 0.329 e. The fourth-order valence-corrected chi connectivity index (χ4v) is 5.22. The zero-order chi connectivity index (χ0) is 22.4. The van der Waals surface area contributed by atoms with E-state index in [4.69, 9.17) is 16.3 Å². The van der Waals surface area contributed by atoms with Crippen LogP contribution < -0.4 is 15.0 Å². The summed E-state index contributed by atoms with van der Waals surface area (Å²) in [5, 5.41) is 4.99. The molecule has 32 heavy (non-hydrogen) atoms. The van der Waals surface area contributed by atoms with E-state index in [9.17, 15) is 14.0 Å². The first-order chi connectivity index (χ1) is 15.5. The van der Waals surface area contributed by atoms with Crippen LogP contribution in [0.3, 0.4) is 0 Å². The number of hydrogen-bond acceptors (Lipinski definition) is 4. The average Bonchev–Trinajstić information content (AvgIpc) is 2.79. The Morgan fingerprint density at radius 1 is 1.19 bits per heavy atom. The second-order valence-corrected chi connectivity index (χ2v) is 8.64. The van der Waals surface area contributed by atoms with Crippen molar-refractivity contribution in [3.05, 3.63) is 65.2 Å². The van der Waals surface area contributed by atoms with Gasteiger partial charge < -0.3 is 10.1 Å². The van der Waals surface area contributed by atoms with Crippen LogP contribution in [-0.2, 0) is 4.79 Å². The Bertz CT molecular complexity index is 1230. The fraction of sp³-hybridized carbons (Fsp3) is 0.292.